The van der Waals surface area contributed by atoms with E-state index >= 15 is 0 Å². The van der Waals surface area contributed by atoms with E-state index in [0.717, 1.165) is 43.3 Å². The van der Waals surface area contributed by atoms with Gasteiger partial charge in [0.1, 0.15) is 10.9 Å². The van der Waals surface area contributed by atoms with Gasteiger partial charge in [-0.05, 0) is 17.2 Å². The fourth-order valence-corrected chi connectivity index (χ4v) is 4.02. The number of nitrogens with zero attached hydrogens (tertiary/aromatic N) is 3. The number of piperazine rings is 1. The van der Waals surface area contributed by atoms with Gasteiger partial charge in [-0.3, -0.25) is 10.3 Å². The molecule has 8 heteroatoms. The molecule has 3 N–H and O–H groups in total. The third-order valence-corrected chi connectivity index (χ3v) is 5.66. The van der Waals surface area contributed by atoms with Crippen molar-refractivity contribution in [3.63, 3.8) is 0 Å². The van der Waals surface area contributed by atoms with E-state index in [1.807, 2.05) is 17.0 Å². The Morgan fingerprint density at radius 2 is 2.12 bits per heavy atom. The summed E-state index contributed by atoms with van der Waals surface area (Å²) in [4.78, 5) is 8.57. The first kappa shape index (κ1) is 18.8. The monoisotopic (exact) mass is 379 g/mol. The molecule has 1 aliphatic heterocycles. The quantitative estimate of drug-likeness (QED) is 0.468. The van der Waals surface area contributed by atoms with Crippen molar-refractivity contribution < 1.29 is 8.78 Å². The second-order valence-electron chi connectivity index (χ2n) is 6.38. The second-order valence-corrected chi connectivity index (χ2v) is 7.35. The van der Waals surface area contributed by atoms with Crippen LogP contribution in [0.1, 0.15) is 12.0 Å². The van der Waals surface area contributed by atoms with Crippen LogP contribution in [0.5, 0.6) is 0 Å². The molecule has 3 rings (SSSR count). The van der Waals surface area contributed by atoms with Crippen molar-refractivity contribution in [1.82, 2.24) is 14.8 Å². The van der Waals surface area contributed by atoms with Crippen LogP contribution in [-0.4, -0.2) is 58.8 Å². The largest absolute Gasteiger partial charge is 0.370 e. The number of pyridine rings is 1. The highest BCUT2D eigenvalue weighted by atomic mass is 32.2. The molecular formula is C18H23F2N5S. The molecule has 0 saturated carbocycles. The molecule has 1 saturated heterocycles. The number of thioether (sulfide) groups is 1. The number of hydrogen-bond donors (Lipinski definition) is 2. The van der Waals surface area contributed by atoms with Crippen LogP contribution in [0.15, 0.2) is 46.9 Å². The molecule has 0 aromatic carbocycles. The number of aromatic nitrogens is 1. The minimum absolute atomic E-state index is 0.112. The average Bonchev–Trinajstić information content (AvgIpc) is 2.64. The standard InChI is InChI=1S/C18H23F2N5S/c19-15-5-1-3-14(16(15)20)12-26-17-13(4-2-6-23-17)11-24-7-9-25(10-8-24)18(21)22/h1-4,6,15H,5,7-12H2,(H3,21,22). The maximum atomic E-state index is 13.9. The summed E-state index contributed by atoms with van der Waals surface area (Å²) < 4.78 is 27.4. The molecular weight excluding hydrogens is 356 g/mol. The van der Waals surface area contributed by atoms with E-state index in [0.29, 0.717) is 11.3 Å². The van der Waals surface area contributed by atoms with E-state index < -0.39 is 12.0 Å². The Morgan fingerprint density at radius 3 is 2.85 bits per heavy atom. The molecule has 2 heterocycles. The third-order valence-electron chi connectivity index (χ3n) is 4.57. The highest BCUT2D eigenvalue weighted by molar-refractivity contribution is 7.99. The lowest BCUT2D eigenvalue weighted by atomic mass is 10.1. The minimum atomic E-state index is -1.52. The van der Waals surface area contributed by atoms with E-state index in [-0.39, 0.29) is 12.4 Å². The summed E-state index contributed by atoms with van der Waals surface area (Å²) in [5.74, 6) is -0.174. The van der Waals surface area contributed by atoms with E-state index in [4.69, 9.17) is 11.1 Å². The first-order chi connectivity index (χ1) is 12.5. The number of guanidine groups is 1. The predicted molar refractivity (Wildman–Crippen MR) is 101 cm³/mol. The fourth-order valence-electron chi connectivity index (χ4n) is 3.04. The minimum Gasteiger partial charge on any atom is -0.370 e. The van der Waals surface area contributed by atoms with Gasteiger partial charge in [-0.1, -0.05) is 18.2 Å². The molecule has 1 aliphatic carbocycles. The Labute approximate surface area is 156 Å². The van der Waals surface area contributed by atoms with Gasteiger partial charge in [-0.25, -0.2) is 13.8 Å². The number of halogens is 2. The van der Waals surface area contributed by atoms with Gasteiger partial charge in [0.2, 0.25) is 0 Å². The number of hydrogen-bond acceptors (Lipinski definition) is 4. The van der Waals surface area contributed by atoms with Crippen molar-refractivity contribution in [2.24, 2.45) is 5.73 Å². The van der Waals surface area contributed by atoms with E-state index in [1.165, 1.54) is 11.8 Å². The van der Waals surface area contributed by atoms with Gasteiger partial charge in [-0.2, -0.15) is 0 Å². The highest BCUT2D eigenvalue weighted by Gasteiger charge is 2.21. The summed E-state index contributed by atoms with van der Waals surface area (Å²) in [5, 5.41) is 8.34. The molecule has 1 unspecified atom stereocenters. The molecule has 0 radical (unpaired) electrons. The zero-order chi connectivity index (χ0) is 18.5. The summed E-state index contributed by atoms with van der Waals surface area (Å²) >= 11 is 1.44. The smallest absolute Gasteiger partial charge is 0.188 e. The molecule has 0 amide bonds. The number of allylic oxidation sites excluding steroid dienone is 3. The van der Waals surface area contributed by atoms with E-state index in [2.05, 4.69) is 9.88 Å². The van der Waals surface area contributed by atoms with Gasteiger partial charge in [-0.15, -0.1) is 11.8 Å². The van der Waals surface area contributed by atoms with Gasteiger partial charge in [0.15, 0.2) is 12.1 Å². The maximum Gasteiger partial charge on any atom is 0.188 e. The Balaban J connectivity index is 1.61. The summed E-state index contributed by atoms with van der Waals surface area (Å²) in [6.07, 6.45) is 3.66. The van der Waals surface area contributed by atoms with Gasteiger partial charge < -0.3 is 10.6 Å². The molecule has 1 fully saturated rings. The van der Waals surface area contributed by atoms with Crippen LogP contribution in [0.4, 0.5) is 8.78 Å². The Hall–Kier alpha value is -1.93. The molecule has 26 heavy (non-hydrogen) atoms. The van der Waals surface area contributed by atoms with Crippen LogP contribution in [0.2, 0.25) is 0 Å². The molecule has 0 bridgehead atoms. The van der Waals surface area contributed by atoms with Gasteiger partial charge in [0.25, 0.3) is 0 Å². The van der Waals surface area contributed by atoms with Crippen LogP contribution in [-0.2, 0) is 6.54 Å². The fraction of sp³-hybridized carbons (Fsp3) is 0.444. The SMILES string of the molecule is N=C(N)N1CCN(Cc2cccnc2SCC2=C(F)C(F)CC=C2)CC1. The second kappa shape index (κ2) is 8.64. The average molecular weight is 379 g/mol. The Morgan fingerprint density at radius 1 is 1.35 bits per heavy atom. The lowest BCUT2D eigenvalue weighted by molar-refractivity contribution is 0.172. The summed E-state index contributed by atoms with van der Waals surface area (Å²) in [5.41, 5.74) is 7.01. The van der Waals surface area contributed by atoms with Crippen LogP contribution >= 0.6 is 11.8 Å². The van der Waals surface area contributed by atoms with Crippen molar-refractivity contribution in [3.8, 4) is 0 Å². The third kappa shape index (κ3) is 4.62. The van der Waals surface area contributed by atoms with Crippen LogP contribution < -0.4 is 5.73 Å². The highest BCUT2D eigenvalue weighted by Crippen LogP contribution is 2.29. The molecule has 140 valence electrons. The molecule has 1 aromatic rings. The van der Waals surface area contributed by atoms with E-state index in [1.54, 1.807) is 18.3 Å². The van der Waals surface area contributed by atoms with Crippen molar-refractivity contribution >= 4 is 17.7 Å². The van der Waals surface area contributed by atoms with Crippen molar-refractivity contribution in [1.29, 1.82) is 5.41 Å². The zero-order valence-electron chi connectivity index (χ0n) is 14.5. The molecule has 5 nitrogen and oxygen atoms in total. The number of rotatable bonds is 5. The summed E-state index contributed by atoms with van der Waals surface area (Å²) in [6, 6.07) is 3.91. The number of nitrogens with one attached hydrogen (secondary N) is 1. The molecule has 2 aliphatic rings. The summed E-state index contributed by atoms with van der Waals surface area (Å²) in [6.45, 7) is 3.86. The molecule has 1 aromatic heterocycles. The normalized spacial score (nSPS) is 21.3. The van der Waals surface area contributed by atoms with E-state index in [9.17, 15) is 8.78 Å². The number of alkyl halides is 1. The predicted octanol–water partition coefficient (Wildman–Crippen LogP) is 2.71. The first-order valence-electron chi connectivity index (χ1n) is 8.61. The van der Waals surface area contributed by atoms with Crippen LogP contribution in [0.3, 0.4) is 0 Å². The van der Waals surface area contributed by atoms with Crippen molar-refractivity contribution in [2.45, 2.75) is 24.2 Å². The maximum absolute atomic E-state index is 13.9. The lowest BCUT2D eigenvalue weighted by Crippen LogP contribution is -2.50. The first-order valence-corrected chi connectivity index (χ1v) is 9.60. The summed E-state index contributed by atoms with van der Waals surface area (Å²) in [7, 11) is 0. The zero-order valence-corrected chi connectivity index (χ0v) is 15.3. The van der Waals surface area contributed by atoms with Crippen molar-refractivity contribution in [3.05, 3.63) is 47.4 Å². The molecule has 1 atom stereocenters. The van der Waals surface area contributed by atoms with Crippen molar-refractivity contribution in [2.75, 3.05) is 31.9 Å². The Kier molecular flexibility index (Phi) is 6.26. The van der Waals surface area contributed by atoms with Gasteiger partial charge >= 0.3 is 0 Å². The topological polar surface area (TPSA) is 69.2 Å². The Bertz CT molecular complexity index is 713. The van der Waals surface area contributed by atoms with Crippen LogP contribution in [0.25, 0.3) is 0 Å². The molecule has 0 spiro atoms. The van der Waals surface area contributed by atoms with Gasteiger partial charge in [0, 0.05) is 51.1 Å². The number of nitrogens with two attached hydrogens (primary N) is 1. The van der Waals surface area contributed by atoms with Crippen LogP contribution in [0, 0.1) is 5.41 Å². The lowest BCUT2D eigenvalue weighted by Gasteiger charge is -2.35. The van der Waals surface area contributed by atoms with Gasteiger partial charge in [0.05, 0.1) is 0 Å².